The van der Waals surface area contributed by atoms with E-state index in [2.05, 4.69) is 15.3 Å². The Labute approximate surface area is 118 Å². The average molecular weight is 283 g/mol. The van der Waals surface area contributed by atoms with E-state index in [1.807, 2.05) is 0 Å². The zero-order chi connectivity index (χ0) is 14.7. The third-order valence-electron chi connectivity index (χ3n) is 2.69. The highest BCUT2D eigenvalue weighted by Gasteiger charge is 2.09. The topological polar surface area (TPSA) is 99.3 Å². The van der Waals surface area contributed by atoms with E-state index in [9.17, 15) is 10.1 Å². The lowest BCUT2D eigenvalue weighted by Gasteiger charge is -1.96. The van der Waals surface area contributed by atoms with Crippen molar-refractivity contribution >= 4 is 11.9 Å². The van der Waals surface area contributed by atoms with Gasteiger partial charge >= 0.3 is 0 Å². The van der Waals surface area contributed by atoms with Crippen LogP contribution in [0, 0.1) is 10.1 Å². The molecule has 2 aromatic heterocycles. The lowest BCUT2D eigenvalue weighted by molar-refractivity contribution is -0.384. The van der Waals surface area contributed by atoms with E-state index in [4.69, 9.17) is 4.42 Å². The Morgan fingerprint density at radius 1 is 1.24 bits per heavy atom. The predicted octanol–water partition coefficient (Wildman–Crippen LogP) is 2.33. The van der Waals surface area contributed by atoms with Gasteiger partial charge in [0.2, 0.25) is 0 Å². The standard InChI is InChI=1S/C13H9N5O3/c19-18(20)11-3-1-2-10(6-11)13-5-4-12(21-13)7-16-17-8-14-15-9-17/h1-9H. The fourth-order valence-corrected chi connectivity index (χ4v) is 1.73. The van der Waals surface area contributed by atoms with Crippen molar-refractivity contribution in [2.24, 2.45) is 5.10 Å². The molecule has 8 nitrogen and oxygen atoms in total. The second-order valence-corrected chi connectivity index (χ2v) is 4.10. The first kappa shape index (κ1) is 12.7. The second-order valence-electron chi connectivity index (χ2n) is 4.10. The first-order valence-corrected chi connectivity index (χ1v) is 5.96. The highest BCUT2D eigenvalue weighted by molar-refractivity contribution is 5.77. The summed E-state index contributed by atoms with van der Waals surface area (Å²) in [6, 6.07) is 9.70. The molecular weight excluding hydrogens is 274 g/mol. The first-order valence-electron chi connectivity index (χ1n) is 5.96. The number of hydrogen-bond acceptors (Lipinski definition) is 6. The van der Waals surface area contributed by atoms with E-state index < -0.39 is 4.92 Å². The maximum Gasteiger partial charge on any atom is 0.270 e. The summed E-state index contributed by atoms with van der Waals surface area (Å²) in [6.07, 6.45) is 4.39. The van der Waals surface area contributed by atoms with Gasteiger partial charge in [0.05, 0.1) is 11.1 Å². The first-order chi connectivity index (χ1) is 10.2. The van der Waals surface area contributed by atoms with Crippen LogP contribution in [0.25, 0.3) is 11.3 Å². The molecule has 0 aliphatic rings. The summed E-state index contributed by atoms with van der Waals surface area (Å²) in [7, 11) is 0. The van der Waals surface area contributed by atoms with Crippen LogP contribution in [-0.2, 0) is 0 Å². The fraction of sp³-hybridized carbons (Fsp3) is 0. The Balaban J connectivity index is 1.84. The lowest BCUT2D eigenvalue weighted by Crippen LogP contribution is -1.87. The second kappa shape index (κ2) is 5.37. The van der Waals surface area contributed by atoms with Crippen LogP contribution in [0.2, 0.25) is 0 Å². The summed E-state index contributed by atoms with van der Waals surface area (Å²) in [5, 5.41) is 22.1. The molecule has 0 saturated carbocycles. The average Bonchev–Trinajstić information content (AvgIpc) is 3.17. The van der Waals surface area contributed by atoms with Crippen molar-refractivity contribution in [2.75, 3.05) is 0 Å². The monoisotopic (exact) mass is 283 g/mol. The van der Waals surface area contributed by atoms with E-state index in [1.165, 1.54) is 35.7 Å². The Bertz CT molecular complexity index is 792. The molecule has 8 heteroatoms. The Hall–Kier alpha value is -3.29. The van der Waals surface area contributed by atoms with Crippen LogP contribution in [0.1, 0.15) is 5.76 Å². The van der Waals surface area contributed by atoms with Crippen molar-refractivity contribution in [1.29, 1.82) is 0 Å². The summed E-state index contributed by atoms with van der Waals surface area (Å²) in [5.41, 5.74) is 0.650. The van der Waals surface area contributed by atoms with Gasteiger partial charge in [0.15, 0.2) is 0 Å². The smallest absolute Gasteiger partial charge is 0.270 e. The molecule has 0 saturated heterocycles. The number of hydrogen-bond donors (Lipinski definition) is 0. The van der Waals surface area contributed by atoms with Gasteiger partial charge < -0.3 is 4.42 Å². The minimum atomic E-state index is -0.444. The SMILES string of the molecule is O=[N+]([O-])c1cccc(-c2ccc(C=Nn3cnnc3)o2)c1. The number of nitro groups is 1. The zero-order valence-corrected chi connectivity index (χ0v) is 10.7. The molecule has 104 valence electrons. The number of aromatic nitrogens is 3. The summed E-state index contributed by atoms with van der Waals surface area (Å²) < 4.78 is 7.00. The molecule has 21 heavy (non-hydrogen) atoms. The number of rotatable bonds is 4. The predicted molar refractivity (Wildman–Crippen MR) is 73.8 cm³/mol. The van der Waals surface area contributed by atoms with Crippen molar-refractivity contribution in [3.63, 3.8) is 0 Å². The molecule has 0 spiro atoms. The zero-order valence-electron chi connectivity index (χ0n) is 10.7. The molecule has 0 radical (unpaired) electrons. The number of benzene rings is 1. The van der Waals surface area contributed by atoms with Crippen LogP contribution < -0.4 is 0 Å². The molecule has 0 fully saturated rings. The summed E-state index contributed by atoms with van der Waals surface area (Å²) in [4.78, 5) is 10.3. The summed E-state index contributed by atoms with van der Waals surface area (Å²) >= 11 is 0. The number of nitro benzene ring substituents is 1. The van der Waals surface area contributed by atoms with Crippen molar-refractivity contribution in [3.8, 4) is 11.3 Å². The third-order valence-corrected chi connectivity index (χ3v) is 2.69. The van der Waals surface area contributed by atoms with E-state index in [-0.39, 0.29) is 5.69 Å². The largest absolute Gasteiger partial charge is 0.455 e. The molecule has 3 rings (SSSR count). The molecule has 1 aromatic carbocycles. The lowest BCUT2D eigenvalue weighted by atomic mass is 10.1. The fourth-order valence-electron chi connectivity index (χ4n) is 1.73. The van der Waals surface area contributed by atoms with Gasteiger partial charge in [-0.2, -0.15) is 5.10 Å². The molecule has 3 aromatic rings. The van der Waals surface area contributed by atoms with E-state index in [1.54, 1.807) is 24.3 Å². The third kappa shape index (κ3) is 2.84. The quantitative estimate of drug-likeness (QED) is 0.415. The van der Waals surface area contributed by atoms with Gasteiger partial charge in [0.1, 0.15) is 24.2 Å². The van der Waals surface area contributed by atoms with Gasteiger partial charge in [-0.15, -0.1) is 10.2 Å². The minimum absolute atomic E-state index is 0.0172. The van der Waals surface area contributed by atoms with Crippen LogP contribution in [0.3, 0.4) is 0 Å². The van der Waals surface area contributed by atoms with Crippen LogP contribution in [0.5, 0.6) is 0 Å². The van der Waals surface area contributed by atoms with Crippen molar-refractivity contribution in [3.05, 3.63) is 64.9 Å². The Morgan fingerprint density at radius 3 is 2.81 bits per heavy atom. The van der Waals surface area contributed by atoms with Crippen molar-refractivity contribution < 1.29 is 9.34 Å². The van der Waals surface area contributed by atoms with E-state index >= 15 is 0 Å². The van der Waals surface area contributed by atoms with Gasteiger partial charge in [-0.05, 0) is 12.1 Å². The molecule has 0 N–H and O–H groups in total. The highest BCUT2D eigenvalue weighted by atomic mass is 16.6. The Kier molecular flexibility index (Phi) is 3.26. The number of nitrogens with zero attached hydrogens (tertiary/aromatic N) is 5. The molecule has 0 unspecified atom stereocenters. The van der Waals surface area contributed by atoms with Gasteiger partial charge in [-0.25, -0.2) is 4.68 Å². The molecule has 0 aliphatic carbocycles. The van der Waals surface area contributed by atoms with Gasteiger partial charge in [0.25, 0.3) is 5.69 Å². The van der Waals surface area contributed by atoms with Gasteiger partial charge in [0, 0.05) is 17.7 Å². The minimum Gasteiger partial charge on any atom is -0.455 e. The van der Waals surface area contributed by atoms with E-state index in [0.29, 0.717) is 17.1 Å². The van der Waals surface area contributed by atoms with Crippen LogP contribution in [0.15, 0.2) is 58.6 Å². The maximum atomic E-state index is 10.8. The highest BCUT2D eigenvalue weighted by Crippen LogP contribution is 2.25. The maximum absolute atomic E-state index is 10.8. The molecule has 0 amide bonds. The normalized spacial score (nSPS) is 11.0. The number of furan rings is 1. The number of non-ortho nitro benzene ring substituents is 1. The van der Waals surface area contributed by atoms with Crippen molar-refractivity contribution in [1.82, 2.24) is 14.9 Å². The van der Waals surface area contributed by atoms with Crippen LogP contribution in [-0.4, -0.2) is 26.0 Å². The van der Waals surface area contributed by atoms with Gasteiger partial charge in [-0.1, -0.05) is 12.1 Å². The Morgan fingerprint density at radius 2 is 2.05 bits per heavy atom. The van der Waals surface area contributed by atoms with Crippen LogP contribution in [0.4, 0.5) is 5.69 Å². The molecule has 2 heterocycles. The molecule has 0 aliphatic heterocycles. The molecule has 0 bridgehead atoms. The summed E-state index contributed by atoms with van der Waals surface area (Å²) in [6.45, 7) is 0. The molecular formula is C13H9N5O3. The summed E-state index contributed by atoms with van der Waals surface area (Å²) in [5.74, 6) is 1.05. The van der Waals surface area contributed by atoms with Crippen molar-refractivity contribution in [2.45, 2.75) is 0 Å². The van der Waals surface area contributed by atoms with Crippen LogP contribution >= 0.6 is 0 Å². The van der Waals surface area contributed by atoms with Gasteiger partial charge in [-0.3, -0.25) is 10.1 Å². The molecule has 0 atom stereocenters. The van der Waals surface area contributed by atoms with E-state index in [0.717, 1.165) is 0 Å².